The Balaban J connectivity index is 1.38. The van der Waals surface area contributed by atoms with Crippen LogP contribution in [0.5, 0.6) is 0 Å². The van der Waals surface area contributed by atoms with Crippen LogP contribution in [0.2, 0.25) is 0 Å². The highest BCUT2D eigenvalue weighted by Gasteiger charge is 2.34. The molecule has 0 N–H and O–H groups in total. The first-order valence-corrected chi connectivity index (χ1v) is 14.7. The number of carbonyl (C=O) groups is 1. The molecule has 5 rings (SSSR count). The van der Waals surface area contributed by atoms with Gasteiger partial charge in [-0.05, 0) is 25.0 Å². The molecular weight excluding hydrogens is 514 g/mol. The Bertz CT molecular complexity index is 1600. The maximum absolute atomic E-state index is 13.1. The first-order chi connectivity index (χ1) is 17.8. The Morgan fingerprint density at radius 1 is 1.11 bits per heavy atom. The largest absolute Gasteiger partial charge is 0.409 e. The zero-order chi connectivity index (χ0) is 26.0. The molecule has 4 aromatic rings. The number of aromatic nitrogens is 4. The zero-order valence-corrected chi connectivity index (χ0v) is 21.7. The summed E-state index contributed by atoms with van der Waals surface area (Å²) in [6, 6.07) is 16.3. The van der Waals surface area contributed by atoms with Crippen molar-refractivity contribution >= 4 is 38.3 Å². The highest BCUT2D eigenvalue weighted by molar-refractivity contribution is 7.99. The first-order valence-electron chi connectivity index (χ1n) is 11.8. The van der Waals surface area contributed by atoms with Crippen LogP contribution in [-0.4, -0.2) is 69.0 Å². The Morgan fingerprint density at radius 3 is 2.54 bits per heavy atom. The van der Waals surface area contributed by atoms with E-state index in [9.17, 15) is 18.0 Å². The van der Waals surface area contributed by atoms with Crippen LogP contribution < -0.4 is 5.56 Å². The summed E-state index contributed by atoms with van der Waals surface area (Å²) in [7, 11) is -3.10. The molecule has 3 heterocycles. The van der Waals surface area contributed by atoms with Crippen LogP contribution in [0.3, 0.4) is 0 Å². The standard InChI is InChI=1S/C25H25N5O5S2/c1-2-29(18-12-13-37(33,34)16-18)21(31)15-36-25-27-26-23(35-25)22-19-10-6-7-11-20(19)24(32)30(28-22)14-17-8-4-3-5-9-17/h3-11,18H,2,12-16H2,1H3/t18-/m1/s1. The molecular formula is C25H25N5O5S2. The van der Waals surface area contributed by atoms with E-state index in [1.807, 2.05) is 43.3 Å². The van der Waals surface area contributed by atoms with Crippen LogP contribution in [0.1, 0.15) is 18.9 Å². The maximum Gasteiger partial charge on any atom is 0.277 e. The second kappa shape index (κ2) is 10.5. The number of amides is 1. The van der Waals surface area contributed by atoms with Crippen molar-refractivity contribution in [2.75, 3.05) is 23.8 Å². The lowest BCUT2D eigenvalue weighted by atomic mass is 10.1. The topological polar surface area (TPSA) is 128 Å². The zero-order valence-electron chi connectivity index (χ0n) is 20.1. The van der Waals surface area contributed by atoms with Crippen molar-refractivity contribution in [3.8, 4) is 11.6 Å². The number of hydrogen-bond acceptors (Lipinski definition) is 9. The van der Waals surface area contributed by atoms with Gasteiger partial charge >= 0.3 is 0 Å². The van der Waals surface area contributed by atoms with Gasteiger partial charge in [0.2, 0.25) is 5.91 Å². The molecule has 0 unspecified atom stereocenters. The molecule has 0 bridgehead atoms. The monoisotopic (exact) mass is 539 g/mol. The summed E-state index contributed by atoms with van der Waals surface area (Å²) in [5.41, 5.74) is 1.08. The number of hydrogen-bond donors (Lipinski definition) is 0. The van der Waals surface area contributed by atoms with E-state index in [4.69, 9.17) is 4.42 Å². The van der Waals surface area contributed by atoms with Crippen molar-refractivity contribution in [3.63, 3.8) is 0 Å². The van der Waals surface area contributed by atoms with Gasteiger partial charge in [-0.25, -0.2) is 13.1 Å². The third-order valence-electron chi connectivity index (χ3n) is 6.28. The normalized spacial score (nSPS) is 16.7. The third-order valence-corrected chi connectivity index (χ3v) is 8.83. The molecule has 1 fully saturated rings. The fourth-order valence-corrected chi connectivity index (χ4v) is 6.87. The number of rotatable bonds is 8. The molecule has 2 aromatic carbocycles. The van der Waals surface area contributed by atoms with Crippen molar-refractivity contribution in [2.45, 2.75) is 31.2 Å². The summed E-state index contributed by atoms with van der Waals surface area (Å²) in [5.74, 6) is 0.0961. The van der Waals surface area contributed by atoms with E-state index in [-0.39, 0.29) is 52.4 Å². The second-order valence-corrected chi connectivity index (χ2v) is 11.9. The van der Waals surface area contributed by atoms with E-state index in [0.717, 1.165) is 17.3 Å². The number of sulfone groups is 1. The fourth-order valence-electron chi connectivity index (χ4n) is 4.49. The predicted molar refractivity (Wildman–Crippen MR) is 140 cm³/mol. The Kier molecular flexibility index (Phi) is 7.11. The van der Waals surface area contributed by atoms with Gasteiger partial charge in [0, 0.05) is 18.0 Å². The molecule has 1 aliphatic heterocycles. The molecule has 0 aliphatic carbocycles. The molecule has 0 radical (unpaired) electrons. The molecule has 1 atom stereocenters. The van der Waals surface area contributed by atoms with Gasteiger partial charge in [0.05, 0.1) is 29.2 Å². The van der Waals surface area contributed by atoms with E-state index >= 15 is 0 Å². The first kappa shape index (κ1) is 25.2. The minimum Gasteiger partial charge on any atom is -0.409 e. The van der Waals surface area contributed by atoms with Crippen LogP contribution in [-0.2, 0) is 21.2 Å². The number of fused-ring (bicyclic) bond motifs is 1. The molecule has 192 valence electrons. The van der Waals surface area contributed by atoms with E-state index in [2.05, 4.69) is 15.3 Å². The second-order valence-electron chi connectivity index (χ2n) is 8.74. The SMILES string of the molecule is CCN(C(=O)CSc1nnc(-c2nn(Cc3ccccc3)c(=O)c3ccccc23)o1)[C@@H]1CCS(=O)(=O)C1. The molecule has 1 aliphatic rings. The van der Waals surface area contributed by atoms with Gasteiger partial charge in [-0.1, -0.05) is 60.3 Å². The lowest BCUT2D eigenvalue weighted by Gasteiger charge is -2.26. The van der Waals surface area contributed by atoms with Crippen LogP contribution in [0.25, 0.3) is 22.4 Å². The third kappa shape index (κ3) is 5.44. The number of carbonyl (C=O) groups excluding carboxylic acids is 1. The van der Waals surface area contributed by atoms with E-state index < -0.39 is 9.84 Å². The molecule has 1 saturated heterocycles. The van der Waals surface area contributed by atoms with Gasteiger partial charge in [-0.3, -0.25) is 9.59 Å². The van der Waals surface area contributed by atoms with Crippen molar-refractivity contribution in [1.29, 1.82) is 0 Å². The van der Waals surface area contributed by atoms with Crippen molar-refractivity contribution in [1.82, 2.24) is 24.9 Å². The molecule has 0 spiro atoms. The average molecular weight is 540 g/mol. The molecule has 10 nitrogen and oxygen atoms in total. The summed E-state index contributed by atoms with van der Waals surface area (Å²) in [6.45, 7) is 2.54. The Morgan fingerprint density at radius 2 is 1.84 bits per heavy atom. The summed E-state index contributed by atoms with van der Waals surface area (Å²) in [6.07, 6.45) is 0.453. The minimum absolute atomic E-state index is 0.000608. The van der Waals surface area contributed by atoms with Crippen molar-refractivity contribution in [3.05, 3.63) is 70.5 Å². The molecule has 2 aromatic heterocycles. The molecule has 0 saturated carbocycles. The predicted octanol–water partition coefficient (Wildman–Crippen LogP) is 2.62. The summed E-state index contributed by atoms with van der Waals surface area (Å²) in [4.78, 5) is 27.5. The lowest BCUT2D eigenvalue weighted by molar-refractivity contribution is -0.129. The van der Waals surface area contributed by atoms with Crippen molar-refractivity contribution < 1.29 is 17.6 Å². The van der Waals surface area contributed by atoms with E-state index in [1.165, 1.54) is 4.68 Å². The van der Waals surface area contributed by atoms with Crippen LogP contribution in [0.4, 0.5) is 0 Å². The number of nitrogens with zero attached hydrogens (tertiary/aromatic N) is 5. The van der Waals surface area contributed by atoms with Gasteiger partial charge in [0.25, 0.3) is 16.7 Å². The highest BCUT2D eigenvalue weighted by Crippen LogP contribution is 2.27. The summed E-state index contributed by atoms with van der Waals surface area (Å²) < 4.78 is 30.9. The summed E-state index contributed by atoms with van der Waals surface area (Å²) >= 11 is 1.08. The minimum atomic E-state index is -3.10. The van der Waals surface area contributed by atoms with Gasteiger partial charge in [0.1, 0.15) is 0 Å². The van der Waals surface area contributed by atoms with Gasteiger partial charge in [-0.2, -0.15) is 5.10 Å². The van der Waals surface area contributed by atoms with Gasteiger partial charge in [-0.15, -0.1) is 10.2 Å². The highest BCUT2D eigenvalue weighted by atomic mass is 32.2. The van der Waals surface area contributed by atoms with Gasteiger partial charge < -0.3 is 9.32 Å². The molecule has 12 heteroatoms. The maximum atomic E-state index is 13.1. The average Bonchev–Trinajstić information content (AvgIpc) is 3.51. The van der Waals surface area contributed by atoms with Crippen molar-refractivity contribution in [2.24, 2.45) is 0 Å². The Labute approximate surface area is 217 Å². The van der Waals surface area contributed by atoms with Gasteiger partial charge in [0.15, 0.2) is 15.5 Å². The fraction of sp³-hybridized carbons (Fsp3) is 0.320. The lowest BCUT2D eigenvalue weighted by Crippen LogP contribution is -2.41. The quantitative estimate of drug-likeness (QED) is 0.310. The molecule has 37 heavy (non-hydrogen) atoms. The number of benzene rings is 2. The smallest absolute Gasteiger partial charge is 0.277 e. The Hall–Kier alpha value is -3.51. The number of thioether (sulfide) groups is 1. The van der Waals surface area contributed by atoms with Crippen LogP contribution >= 0.6 is 11.8 Å². The molecule has 1 amide bonds. The summed E-state index contributed by atoms with van der Waals surface area (Å²) in [5, 5.41) is 14.0. The van der Waals surface area contributed by atoms with Crippen LogP contribution in [0.15, 0.2) is 69.0 Å². The van der Waals surface area contributed by atoms with E-state index in [0.29, 0.717) is 29.4 Å². The van der Waals surface area contributed by atoms with Crippen LogP contribution in [0, 0.1) is 0 Å². The van der Waals surface area contributed by atoms with E-state index in [1.54, 1.807) is 23.1 Å².